The fraction of sp³-hybridized carbons (Fsp3) is 0.545. The fourth-order valence-corrected chi connectivity index (χ4v) is 1.99. The molecular weight excluding hydrogens is 222 g/mol. The highest BCUT2D eigenvalue weighted by Gasteiger charge is 2.20. The standard InChI is InChI=1S/C11H15N3OS/c1-4-9(5-12)11(15)14(3)6-10-7-16-8(2)13-10/h7,9H,4,6H2,1-3H3. The third kappa shape index (κ3) is 3.04. The summed E-state index contributed by atoms with van der Waals surface area (Å²) in [6.07, 6.45) is 0.551. The van der Waals surface area contributed by atoms with Crippen LogP contribution in [0.3, 0.4) is 0 Å². The van der Waals surface area contributed by atoms with Crippen molar-refractivity contribution < 1.29 is 4.79 Å². The van der Waals surface area contributed by atoms with Gasteiger partial charge in [0.2, 0.25) is 5.91 Å². The van der Waals surface area contributed by atoms with Gasteiger partial charge in [-0.2, -0.15) is 5.26 Å². The predicted molar refractivity (Wildman–Crippen MR) is 62.7 cm³/mol. The van der Waals surface area contributed by atoms with Gasteiger partial charge in [-0.25, -0.2) is 4.98 Å². The van der Waals surface area contributed by atoms with Crippen LogP contribution in [0.4, 0.5) is 0 Å². The van der Waals surface area contributed by atoms with Crippen LogP contribution in [0.1, 0.15) is 24.0 Å². The first kappa shape index (κ1) is 12.7. The molecule has 4 nitrogen and oxygen atoms in total. The quantitative estimate of drug-likeness (QED) is 0.804. The molecule has 1 unspecified atom stereocenters. The molecule has 0 fully saturated rings. The van der Waals surface area contributed by atoms with Gasteiger partial charge in [0.25, 0.3) is 0 Å². The van der Waals surface area contributed by atoms with Crippen molar-refractivity contribution in [2.75, 3.05) is 7.05 Å². The predicted octanol–water partition coefficient (Wildman–Crippen LogP) is 1.96. The van der Waals surface area contributed by atoms with Crippen LogP contribution in [-0.2, 0) is 11.3 Å². The second kappa shape index (κ2) is 5.61. The van der Waals surface area contributed by atoms with Crippen LogP contribution in [0.2, 0.25) is 0 Å². The fourth-order valence-electron chi connectivity index (χ4n) is 1.39. The van der Waals surface area contributed by atoms with Crippen molar-refractivity contribution in [2.45, 2.75) is 26.8 Å². The van der Waals surface area contributed by atoms with Crippen molar-refractivity contribution in [2.24, 2.45) is 5.92 Å². The Bertz CT molecular complexity index is 408. The second-order valence-electron chi connectivity index (χ2n) is 3.64. The van der Waals surface area contributed by atoms with Crippen LogP contribution in [-0.4, -0.2) is 22.8 Å². The molecule has 86 valence electrons. The molecule has 5 heteroatoms. The van der Waals surface area contributed by atoms with Crippen molar-refractivity contribution in [3.05, 3.63) is 16.1 Å². The number of aryl methyl sites for hydroxylation is 1. The average molecular weight is 237 g/mol. The maximum atomic E-state index is 11.8. The molecule has 0 spiro atoms. The minimum atomic E-state index is -0.537. The molecule has 1 rings (SSSR count). The van der Waals surface area contributed by atoms with E-state index in [-0.39, 0.29) is 5.91 Å². The third-order valence-electron chi connectivity index (χ3n) is 2.30. The van der Waals surface area contributed by atoms with E-state index in [2.05, 4.69) is 4.98 Å². The van der Waals surface area contributed by atoms with E-state index in [0.29, 0.717) is 13.0 Å². The molecule has 0 N–H and O–H groups in total. The van der Waals surface area contributed by atoms with Gasteiger partial charge in [-0.1, -0.05) is 6.92 Å². The molecule has 1 aromatic heterocycles. The molecule has 16 heavy (non-hydrogen) atoms. The second-order valence-corrected chi connectivity index (χ2v) is 4.70. The molecule has 0 saturated heterocycles. The molecule has 0 aliphatic rings. The average Bonchev–Trinajstić information content (AvgIpc) is 2.65. The lowest BCUT2D eigenvalue weighted by Crippen LogP contribution is -2.31. The lowest BCUT2D eigenvalue weighted by Gasteiger charge is -2.18. The zero-order valence-electron chi connectivity index (χ0n) is 9.73. The number of thiazole rings is 1. The third-order valence-corrected chi connectivity index (χ3v) is 3.13. The van der Waals surface area contributed by atoms with E-state index < -0.39 is 5.92 Å². The minimum absolute atomic E-state index is 0.129. The first-order valence-electron chi connectivity index (χ1n) is 5.14. The highest BCUT2D eigenvalue weighted by atomic mass is 32.1. The molecule has 1 amide bonds. The van der Waals surface area contributed by atoms with Gasteiger partial charge in [0.05, 0.1) is 23.3 Å². The number of carbonyl (C=O) groups is 1. The summed E-state index contributed by atoms with van der Waals surface area (Å²) in [4.78, 5) is 17.6. The molecule has 0 saturated carbocycles. The highest BCUT2D eigenvalue weighted by molar-refractivity contribution is 7.09. The lowest BCUT2D eigenvalue weighted by atomic mass is 10.1. The Morgan fingerprint density at radius 3 is 2.88 bits per heavy atom. The van der Waals surface area contributed by atoms with Gasteiger partial charge in [0.15, 0.2) is 0 Å². The Labute approximate surface area is 99.5 Å². The Morgan fingerprint density at radius 2 is 2.44 bits per heavy atom. The number of hydrogen-bond acceptors (Lipinski definition) is 4. The van der Waals surface area contributed by atoms with Crippen LogP contribution in [0.25, 0.3) is 0 Å². The smallest absolute Gasteiger partial charge is 0.240 e. The molecule has 1 atom stereocenters. The van der Waals surface area contributed by atoms with E-state index in [9.17, 15) is 4.79 Å². The van der Waals surface area contributed by atoms with Gasteiger partial charge < -0.3 is 4.90 Å². The molecule has 0 aliphatic carbocycles. The zero-order valence-corrected chi connectivity index (χ0v) is 10.5. The normalized spacial score (nSPS) is 11.9. The summed E-state index contributed by atoms with van der Waals surface area (Å²) in [6, 6.07) is 2.01. The van der Waals surface area contributed by atoms with Gasteiger partial charge in [-0.3, -0.25) is 4.79 Å². The number of amides is 1. The van der Waals surface area contributed by atoms with Crippen LogP contribution in [0.5, 0.6) is 0 Å². The molecule has 0 aromatic carbocycles. The van der Waals surface area contributed by atoms with Crippen molar-refractivity contribution in [1.82, 2.24) is 9.88 Å². The molecule has 0 bridgehead atoms. The van der Waals surface area contributed by atoms with Crippen LogP contribution in [0.15, 0.2) is 5.38 Å². The largest absolute Gasteiger partial charge is 0.339 e. The number of nitrogens with zero attached hydrogens (tertiary/aromatic N) is 3. The van der Waals surface area contributed by atoms with E-state index in [4.69, 9.17) is 5.26 Å². The minimum Gasteiger partial charge on any atom is -0.339 e. The highest BCUT2D eigenvalue weighted by Crippen LogP contribution is 2.12. The number of aromatic nitrogens is 1. The summed E-state index contributed by atoms with van der Waals surface area (Å²) in [5.74, 6) is -0.666. The van der Waals surface area contributed by atoms with Crippen molar-refractivity contribution in [1.29, 1.82) is 5.26 Å². The Balaban J connectivity index is 2.62. The SMILES string of the molecule is CCC(C#N)C(=O)N(C)Cc1csc(C)n1. The number of nitriles is 1. The van der Waals surface area contributed by atoms with Crippen LogP contribution >= 0.6 is 11.3 Å². The maximum Gasteiger partial charge on any atom is 0.240 e. The van der Waals surface area contributed by atoms with Gasteiger partial charge >= 0.3 is 0 Å². The number of rotatable bonds is 4. The maximum absolute atomic E-state index is 11.8. The lowest BCUT2D eigenvalue weighted by molar-refractivity contribution is -0.133. The molecule has 1 heterocycles. The van der Waals surface area contributed by atoms with Crippen molar-refractivity contribution in [3.63, 3.8) is 0 Å². The molecule has 0 aliphatic heterocycles. The Kier molecular flexibility index (Phi) is 4.44. The van der Waals surface area contributed by atoms with E-state index in [1.807, 2.05) is 25.3 Å². The van der Waals surface area contributed by atoms with E-state index >= 15 is 0 Å². The first-order chi connectivity index (χ1) is 7.58. The van der Waals surface area contributed by atoms with Gasteiger partial charge in [0.1, 0.15) is 5.92 Å². The van der Waals surface area contributed by atoms with Crippen LogP contribution in [0, 0.1) is 24.2 Å². The summed E-state index contributed by atoms with van der Waals surface area (Å²) in [6.45, 7) is 4.24. The molecular formula is C11H15N3OS. The molecule has 0 radical (unpaired) electrons. The van der Waals surface area contributed by atoms with Gasteiger partial charge in [-0.15, -0.1) is 11.3 Å². The number of hydrogen-bond donors (Lipinski definition) is 0. The van der Waals surface area contributed by atoms with Crippen LogP contribution < -0.4 is 0 Å². The summed E-state index contributed by atoms with van der Waals surface area (Å²) in [5.41, 5.74) is 0.881. The van der Waals surface area contributed by atoms with Crippen molar-refractivity contribution in [3.8, 4) is 6.07 Å². The number of carbonyl (C=O) groups excluding carboxylic acids is 1. The first-order valence-corrected chi connectivity index (χ1v) is 6.02. The van der Waals surface area contributed by atoms with Gasteiger partial charge in [-0.05, 0) is 13.3 Å². The summed E-state index contributed by atoms with van der Waals surface area (Å²) < 4.78 is 0. The Hall–Kier alpha value is -1.41. The summed E-state index contributed by atoms with van der Waals surface area (Å²) in [5, 5.41) is 11.7. The molecule has 1 aromatic rings. The topological polar surface area (TPSA) is 57.0 Å². The van der Waals surface area contributed by atoms with Crippen molar-refractivity contribution >= 4 is 17.2 Å². The summed E-state index contributed by atoms with van der Waals surface area (Å²) in [7, 11) is 1.71. The zero-order chi connectivity index (χ0) is 12.1. The van der Waals surface area contributed by atoms with Gasteiger partial charge in [0, 0.05) is 12.4 Å². The monoisotopic (exact) mass is 237 g/mol. The van der Waals surface area contributed by atoms with E-state index in [1.165, 1.54) is 0 Å². The Morgan fingerprint density at radius 1 is 1.75 bits per heavy atom. The van der Waals surface area contributed by atoms with E-state index in [1.54, 1.807) is 23.3 Å². The summed E-state index contributed by atoms with van der Waals surface area (Å²) >= 11 is 1.56. The van der Waals surface area contributed by atoms with E-state index in [0.717, 1.165) is 10.7 Å².